The zero-order valence-electron chi connectivity index (χ0n) is 18.9. The minimum Gasteiger partial charge on any atom is -0.464 e. The second-order valence-corrected chi connectivity index (χ2v) is 8.56. The van der Waals surface area contributed by atoms with Crippen LogP contribution < -0.4 is 15.4 Å². The third-order valence-electron chi connectivity index (χ3n) is 4.82. The van der Waals surface area contributed by atoms with E-state index in [1.807, 2.05) is 0 Å². The molecule has 14 heteroatoms. The molecule has 1 aromatic carbocycles. The number of alkyl halides is 3. The van der Waals surface area contributed by atoms with Crippen LogP contribution in [0, 0.1) is 6.92 Å². The monoisotopic (exact) mass is 520 g/mol. The fourth-order valence-corrected chi connectivity index (χ4v) is 3.90. The summed E-state index contributed by atoms with van der Waals surface area (Å²) < 4.78 is 48.7. The molecule has 3 aromatic heterocycles. The van der Waals surface area contributed by atoms with Gasteiger partial charge in [-0.05, 0) is 25.1 Å². The van der Waals surface area contributed by atoms with E-state index in [9.17, 15) is 22.8 Å². The Labute approximate surface area is 205 Å². The molecule has 2 amide bonds. The van der Waals surface area contributed by atoms with Crippen LogP contribution in [0.15, 0.2) is 41.1 Å². The minimum absolute atomic E-state index is 0.0418. The summed E-state index contributed by atoms with van der Waals surface area (Å²) in [6, 6.07) is 8.13. The first-order valence-corrected chi connectivity index (χ1v) is 11.4. The molecule has 0 spiro atoms. The Morgan fingerprint density at radius 3 is 2.75 bits per heavy atom. The van der Waals surface area contributed by atoms with Crippen molar-refractivity contribution in [1.29, 1.82) is 0 Å². The molecule has 0 bridgehead atoms. The maximum Gasteiger partial charge on any atom is 0.425 e. The highest BCUT2D eigenvalue weighted by atomic mass is 32.1. The predicted molar refractivity (Wildman–Crippen MR) is 124 cm³/mol. The van der Waals surface area contributed by atoms with Crippen LogP contribution in [-0.2, 0) is 4.79 Å². The van der Waals surface area contributed by atoms with Crippen molar-refractivity contribution in [3.8, 4) is 17.3 Å². The van der Waals surface area contributed by atoms with Gasteiger partial charge in [-0.3, -0.25) is 9.59 Å². The van der Waals surface area contributed by atoms with Crippen molar-refractivity contribution in [1.82, 2.24) is 25.4 Å². The first-order chi connectivity index (χ1) is 17.1. The number of anilines is 1. The standard InChI is InChI=1S/C22H19F3N6O4S/c1-11(22(23,24)25)34-20-17-15(6-8-27-20)29-21(36-17)30-16(32)7-9-26-19(33)14-5-3-4-13(10-14)18-28-12(2)35-31-18/h3-6,8,10-11H,7,9H2,1-2H3,(H,26,33)(H,29,30,32). The number of nitrogens with one attached hydrogen (secondary N) is 2. The Morgan fingerprint density at radius 1 is 1.22 bits per heavy atom. The molecule has 0 aliphatic heterocycles. The molecule has 0 saturated heterocycles. The summed E-state index contributed by atoms with van der Waals surface area (Å²) >= 11 is 0.938. The predicted octanol–water partition coefficient (Wildman–Crippen LogP) is 4.14. The highest BCUT2D eigenvalue weighted by Crippen LogP contribution is 2.34. The number of carbonyl (C=O) groups is 2. The third-order valence-corrected chi connectivity index (χ3v) is 5.79. The van der Waals surface area contributed by atoms with Crippen LogP contribution in [0.25, 0.3) is 21.6 Å². The minimum atomic E-state index is -4.55. The lowest BCUT2D eigenvalue weighted by Gasteiger charge is -2.16. The van der Waals surface area contributed by atoms with E-state index in [-0.39, 0.29) is 28.7 Å². The summed E-state index contributed by atoms with van der Waals surface area (Å²) in [6.07, 6.45) is -5.39. The summed E-state index contributed by atoms with van der Waals surface area (Å²) in [6.45, 7) is 2.57. The van der Waals surface area contributed by atoms with E-state index in [1.165, 1.54) is 12.3 Å². The van der Waals surface area contributed by atoms with Crippen LogP contribution in [-0.4, -0.2) is 50.7 Å². The summed E-state index contributed by atoms with van der Waals surface area (Å²) in [7, 11) is 0. The van der Waals surface area contributed by atoms with Gasteiger partial charge in [-0.25, -0.2) is 9.97 Å². The molecule has 4 rings (SSSR count). The van der Waals surface area contributed by atoms with Crippen molar-refractivity contribution in [3.63, 3.8) is 0 Å². The van der Waals surface area contributed by atoms with Crippen LogP contribution in [0.2, 0.25) is 0 Å². The Balaban J connectivity index is 1.33. The van der Waals surface area contributed by atoms with Crippen molar-refractivity contribution >= 4 is 38.5 Å². The van der Waals surface area contributed by atoms with Crippen LogP contribution in [0.5, 0.6) is 5.88 Å². The molecule has 0 saturated carbocycles. The van der Waals surface area contributed by atoms with E-state index in [4.69, 9.17) is 9.26 Å². The lowest BCUT2D eigenvalue weighted by molar-refractivity contribution is -0.189. The van der Waals surface area contributed by atoms with Gasteiger partial charge < -0.3 is 19.9 Å². The van der Waals surface area contributed by atoms with Gasteiger partial charge in [0.05, 0.1) is 5.52 Å². The molecular weight excluding hydrogens is 501 g/mol. The van der Waals surface area contributed by atoms with Gasteiger partial charge in [0.25, 0.3) is 5.91 Å². The molecule has 0 aliphatic carbocycles. The maximum atomic E-state index is 12.8. The van der Waals surface area contributed by atoms with Gasteiger partial charge in [-0.15, -0.1) is 0 Å². The van der Waals surface area contributed by atoms with Crippen molar-refractivity contribution in [2.45, 2.75) is 32.5 Å². The van der Waals surface area contributed by atoms with E-state index in [1.54, 1.807) is 31.2 Å². The Kier molecular flexibility index (Phi) is 7.15. The fraction of sp³-hybridized carbons (Fsp3) is 0.273. The molecule has 3 heterocycles. The third kappa shape index (κ3) is 5.94. The van der Waals surface area contributed by atoms with Gasteiger partial charge in [0, 0.05) is 37.2 Å². The van der Waals surface area contributed by atoms with E-state index in [0.29, 0.717) is 28.4 Å². The number of aromatic nitrogens is 4. The smallest absolute Gasteiger partial charge is 0.425 e. The van der Waals surface area contributed by atoms with Crippen molar-refractivity contribution in [2.24, 2.45) is 0 Å². The molecular formula is C22H19F3N6O4S. The van der Waals surface area contributed by atoms with Gasteiger partial charge in [0.1, 0.15) is 4.70 Å². The summed E-state index contributed by atoms with van der Waals surface area (Å²) in [5.74, 6) is -0.300. The lowest BCUT2D eigenvalue weighted by Crippen LogP contribution is -2.31. The molecule has 0 radical (unpaired) electrons. The van der Waals surface area contributed by atoms with Gasteiger partial charge in [0.2, 0.25) is 23.5 Å². The number of amides is 2. The molecule has 188 valence electrons. The number of hydrogen-bond donors (Lipinski definition) is 2. The van der Waals surface area contributed by atoms with Gasteiger partial charge in [0.15, 0.2) is 11.2 Å². The highest BCUT2D eigenvalue weighted by Gasteiger charge is 2.38. The van der Waals surface area contributed by atoms with Crippen molar-refractivity contribution in [2.75, 3.05) is 11.9 Å². The van der Waals surface area contributed by atoms with E-state index in [2.05, 4.69) is 30.7 Å². The van der Waals surface area contributed by atoms with Crippen LogP contribution in [0.4, 0.5) is 18.3 Å². The molecule has 1 unspecified atom stereocenters. The molecule has 0 fully saturated rings. The number of aryl methyl sites for hydroxylation is 1. The van der Waals surface area contributed by atoms with Crippen molar-refractivity contribution < 1.29 is 32.0 Å². The summed E-state index contributed by atoms with van der Waals surface area (Å²) in [5.41, 5.74) is 1.30. The number of hydrogen-bond acceptors (Lipinski definition) is 9. The maximum absolute atomic E-state index is 12.8. The summed E-state index contributed by atoms with van der Waals surface area (Å²) in [5, 5.41) is 9.22. The number of fused-ring (bicyclic) bond motifs is 1. The Hall–Kier alpha value is -4.07. The number of pyridine rings is 1. The number of carbonyl (C=O) groups excluding carboxylic acids is 2. The largest absolute Gasteiger partial charge is 0.464 e. The fourth-order valence-electron chi connectivity index (χ4n) is 2.99. The number of ether oxygens (including phenoxy) is 1. The number of halogens is 3. The van der Waals surface area contributed by atoms with E-state index < -0.39 is 24.1 Å². The molecule has 36 heavy (non-hydrogen) atoms. The topological polar surface area (TPSA) is 132 Å². The average Bonchev–Trinajstić information content (AvgIpc) is 3.44. The van der Waals surface area contributed by atoms with Crippen molar-refractivity contribution in [3.05, 3.63) is 48.0 Å². The quantitative estimate of drug-likeness (QED) is 0.354. The van der Waals surface area contributed by atoms with E-state index in [0.717, 1.165) is 18.3 Å². The average molecular weight is 520 g/mol. The van der Waals surface area contributed by atoms with Gasteiger partial charge >= 0.3 is 6.18 Å². The molecule has 1 atom stereocenters. The van der Waals surface area contributed by atoms with E-state index >= 15 is 0 Å². The van der Waals surface area contributed by atoms with Gasteiger partial charge in [-0.1, -0.05) is 28.6 Å². The van der Waals surface area contributed by atoms with Crippen LogP contribution in [0.3, 0.4) is 0 Å². The highest BCUT2D eigenvalue weighted by molar-refractivity contribution is 7.22. The zero-order valence-corrected chi connectivity index (χ0v) is 19.7. The SMILES string of the molecule is Cc1nc(-c2cccc(C(=O)NCCC(=O)Nc3nc4ccnc(OC(C)C(F)(F)F)c4s3)c2)no1. The Morgan fingerprint density at radius 2 is 2.03 bits per heavy atom. The second kappa shape index (κ2) is 10.3. The van der Waals surface area contributed by atoms with Gasteiger partial charge in [-0.2, -0.15) is 18.2 Å². The lowest BCUT2D eigenvalue weighted by atomic mass is 10.1. The first kappa shape index (κ1) is 25.0. The number of thiazole rings is 1. The number of rotatable bonds is 8. The van der Waals surface area contributed by atoms with Crippen LogP contribution >= 0.6 is 11.3 Å². The molecule has 2 N–H and O–H groups in total. The Bertz CT molecular complexity index is 1400. The van der Waals surface area contributed by atoms with Crippen LogP contribution in [0.1, 0.15) is 29.6 Å². The number of benzene rings is 1. The number of nitrogens with zero attached hydrogens (tertiary/aromatic N) is 4. The summed E-state index contributed by atoms with van der Waals surface area (Å²) in [4.78, 5) is 37.0. The normalized spacial score (nSPS) is 12.4. The zero-order chi connectivity index (χ0) is 25.9. The molecule has 0 aliphatic rings. The molecule has 10 nitrogen and oxygen atoms in total. The molecule has 4 aromatic rings. The second-order valence-electron chi connectivity index (χ2n) is 7.56. The first-order valence-electron chi connectivity index (χ1n) is 10.6.